The molecule has 0 radical (unpaired) electrons. The number of rotatable bonds is 1. The molecule has 7 nitrogen and oxygen atoms in total. The van der Waals surface area contributed by atoms with Crippen molar-refractivity contribution in [3.8, 4) is 11.9 Å². The molecule has 0 fully saturated rings. The predicted molar refractivity (Wildman–Crippen MR) is 57.7 cm³/mol. The molecule has 2 aromatic rings. The van der Waals surface area contributed by atoms with Crippen LogP contribution >= 0.6 is 11.6 Å². The van der Waals surface area contributed by atoms with Crippen molar-refractivity contribution >= 4 is 23.2 Å². The first kappa shape index (κ1) is 10.2. The normalized spacial score (nSPS) is 10.0. The first-order chi connectivity index (χ1) is 7.63. The molecule has 2 aromatic heterocycles. The molecular weight excluding hydrogens is 230 g/mol. The van der Waals surface area contributed by atoms with Crippen molar-refractivity contribution in [1.82, 2.24) is 20.0 Å². The monoisotopic (exact) mass is 235 g/mol. The Bertz CT molecular complexity index is 565. The number of nitrogens with zero attached hydrogens (tertiary/aromatic N) is 5. The van der Waals surface area contributed by atoms with Crippen LogP contribution in [0.5, 0.6) is 0 Å². The summed E-state index contributed by atoms with van der Waals surface area (Å²) in [5.74, 6) is 0.517. The molecule has 16 heavy (non-hydrogen) atoms. The van der Waals surface area contributed by atoms with Crippen LogP contribution in [0.2, 0.25) is 5.15 Å². The molecule has 0 spiro atoms. The highest BCUT2D eigenvalue weighted by molar-refractivity contribution is 6.29. The predicted octanol–water partition coefficient (Wildman–Crippen LogP) is 0.352. The Morgan fingerprint density at radius 1 is 1.31 bits per heavy atom. The fourth-order valence-electron chi connectivity index (χ4n) is 1.16. The van der Waals surface area contributed by atoms with Crippen LogP contribution in [-0.2, 0) is 0 Å². The van der Waals surface area contributed by atoms with E-state index in [0.29, 0.717) is 5.82 Å². The van der Waals surface area contributed by atoms with Crippen LogP contribution in [0.3, 0.4) is 0 Å². The maximum Gasteiger partial charge on any atom is 0.178 e. The second-order valence-corrected chi connectivity index (χ2v) is 3.27. The molecule has 2 heterocycles. The minimum atomic E-state index is 0.0525. The Kier molecular flexibility index (Phi) is 2.34. The summed E-state index contributed by atoms with van der Waals surface area (Å²) < 4.78 is 1.23. The van der Waals surface area contributed by atoms with Crippen LogP contribution in [0.25, 0.3) is 5.82 Å². The van der Waals surface area contributed by atoms with E-state index in [1.807, 2.05) is 6.07 Å². The van der Waals surface area contributed by atoms with Gasteiger partial charge >= 0.3 is 0 Å². The topological polar surface area (TPSA) is 119 Å². The summed E-state index contributed by atoms with van der Waals surface area (Å²) in [7, 11) is 0. The fourth-order valence-corrected chi connectivity index (χ4v) is 1.26. The van der Waals surface area contributed by atoms with Crippen LogP contribution < -0.4 is 11.5 Å². The molecule has 0 aliphatic carbocycles. The minimum Gasteiger partial charge on any atom is -0.382 e. The average Bonchev–Trinajstić information content (AvgIpc) is 2.55. The van der Waals surface area contributed by atoms with Gasteiger partial charge in [-0.15, -0.1) is 15.3 Å². The zero-order chi connectivity index (χ0) is 11.7. The zero-order valence-corrected chi connectivity index (χ0v) is 8.68. The van der Waals surface area contributed by atoms with Gasteiger partial charge in [0.15, 0.2) is 16.8 Å². The van der Waals surface area contributed by atoms with Gasteiger partial charge in [0.2, 0.25) is 0 Å². The summed E-state index contributed by atoms with van der Waals surface area (Å²) in [5.41, 5.74) is 11.3. The van der Waals surface area contributed by atoms with Gasteiger partial charge in [-0.3, -0.25) is 0 Å². The quantitative estimate of drug-likeness (QED) is 0.736. The Labute approximate surface area is 95.2 Å². The van der Waals surface area contributed by atoms with E-state index in [1.165, 1.54) is 10.7 Å². The first-order valence-electron chi connectivity index (χ1n) is 4.17. The molecular formula is C8H6ClN7. The Hall–Kier alpha value is -2.33. The summed E-state index contributed by atoms with van der Waals surface area (Å²) in [6, 6.07) is 4.96. The Morgan fingerprint density at radius 3 is 2.56 bits per heavy atom. The van der Waals surface area contributed by atoms with E-state index in [9.17, 15) is 0 Å². The second-order valence-electron chi connectivity index (χ2n) is 2.88. The van der Waals surface area contributed by atoms with Crippen LogP contribution in [0, 0.1) is 11.3 Å². The largest absolute Gasteiger partial charge is 0.382 e. The molecule has 0 aromatic carbocycles. The van der Waals surface area contributed by atoms with Gasteiger partial charge in [0.25, 0.3) is 0 Å². The lowest BCUT2D eigenvalue weighted by atomic mass is 10.3. The SMILES string of the molecule is N#Cc1c(N)nn(-c2ccc(Cl)nn2)c1N. The molecule has 0 atom stereocenters. The van der Waals surface area contributed by atoms with Crippen molar-refractivity contribution in [2.75, 3.05) is 11.5 Å². The van der Waals surface area contributed by atoms with Gasteiger partial charge in [0, 0.05) is 0 Å². The highest BCUT2D eigenvalue weighted by Crippen LogP contribution is 2.20. The summed E-state index contributed by atoms with van der Waals surface area (Å²) in [6.45, 7) is 0. The maximum atomic E-state index is 8.78. The number of nitriles is 1. The molecule has 4 N–H and O–H groups in total. The molecule has 0 bridgehead atoms. The average molecular weight is 236 g/mol. The van der Waals surface area contributed by atoms with Crippen LogP contribution in [-0.4, -0.2) is 20.0 Å². The van der Waals surface area contributed by atoms with Crippen molar-refractivity contribution < 1.29 is 0 Å². The molecule has 8 heteroatoms. The number of nitrogen functional groups attached to an aromatic ring is 2. The summed E-state index contributed by atoms with van der Waals surface area (Å²) in [6.07, 6.45) is 0. The van der Waals surface area contributed by atoms with E-state index in [1.54, 1.807) is 6.07 Å². The highest BCUT2D eigenvalue weighted by atomic mass is 35.5. The van der Waals surface area contributed by atoms with Crippen LogP contribution in [0.15, 0.2) is 12.1 Å². The summed E-state index contributed by atoms with van der Waals surface area (Å²) in [5, 5.41) is 20.3. The van der Waals surface area contributed by atoms with E-state index < -0.39 is 0 Å². The lowest BCUT2D eigenvalue weighted by Crippen LogP contribution is -2.05. The lowest BCUT2D eigenvalue weighted by molar-refractivity contribution is 0.826. The van der Waals surface area contributed by atoms with Gasteiger partial charge in [0.1, 0.15) is 17.5 Å². The van der Waals surface area contributed by atoms with Crippen molar-refractivity contribution in [2.24, 2.45) is 0 Å². The zero-order valence-electron chi connectivity index (χ0n) is 7.92. The van der Waals surface area contributed by atoms with E-state index in [-0.39, 0.29) is 22.4 Å². The van der Waals surface area contributed by atoms with Crippen LogP contribution in [0.4, 0.5) is 11.6 Å². The van der Waals surface area contributed by atoms with E-state index in [2.05, 4.69) is 15.3 Å². The van der Waals surface area contributed by atoms with Crippen molar-refractivity contribution in [2.45, 2.75) is 0 Å². The first-order valence-corrected chi connectivity index (χ1v) is 4.55. The number of anilines is 2. The van der Waals surface area contributed by atoms with Gasteiger partial charge in [0.05, 0.1) is 0 Å². The van der Waals surface area contributed by atoms with Gasteiger partial charge in [-0.1, -0.05) is 11.6 Å². The minimum absolute atomic E-state index is 0.0525. The number of aromatic nitrogens is 4. The van der Waals surface area contributed by atoms with Gasteiger partial charge in [-0.05, 0) is 12.1 Å². The highest BCUT2D eigenvalue weighted by Gasteiger charge is 2.14. The smallest absolute Gasteiger partial charge is 0.178 e. The van der Waals surface area contributed by atoms with Crippen molar-refractivity contribution in [3.05, 3.63) is 22.8 Å². The number of hydrogen-bond donors (Lipinski definition) is 2. The Morgan fingerprint density at radius 2 is 2.06 bits per heavy atom. The lowest BCUT2D eigenvalue weighted by Gasteiger charge is -2.00. The van der Waals surface area contributed by atoms with E-state index in [4.69, 9.17) is 28.3 Å². The third-order valence-corrected chi connectivity index (χ3v) is 2.10. The van der Waals surface area contributed by atoms with Crippen molar-refractivity contribution in [1.29, 1.82) is 5.26 Å². The summed E-state index contributed by atoms with van der Waals surface area (Å²) >= 11 is 5.59. The van der Waals surface area contributed by atoms with Gasteiger partial charge in [-0.25, -0.2) is 0 Å². The third kappa shape index (κ3) is 1.51. The van der Waals surface area contributed by atoms with Crippen molar-refractivity contribution in [3.63, 3.8) is 0 Å². The number of hydrogen-bond acceptors (Lipinski definition) is 6. The standard InChI is InChI=1S/C8H6ClN7/c9-5-1-2-6(14-13-5)16-8(12)4(3-10)7(11)15-16/h1-2H,12H2,(H2,11,15). The second kappa shape index (κ2) is 3.67. The fraction of sp³-hybridized carbons (Fsp3) is 0. The molecule has 0 saturated heterocycles. The van der Waals surface area contributed by atoms with Gasteiger partial charge < -0.3 is 11.5 Å². The third-order valence-electron chi connectivity index (χ3n) is 1.89. The maximum absolute atomic E-state index is 8.78. The van der Waals surface area contributed by atoms with Crippen LogP contribution in [0.1, 0.15) is 5.56 Å². The molecule has 80 valence electrons. The van der Waals surface area contributed by atoms with Gasteiger partial charge in [-0.2, -0.15) is 9.94 Å². The molecule has 0 amide bonds. The molecule has 0 aliphatic heterocycles. The number of nitrogens with two attached hydrogens (primary N) is 2. The van der Waals surface area contributed by atoms with E-state index >= 15 is 0 Å². The summed E-state index contributed by atoms with van der Waals surface area (Å²) in [4.78, 5) is 0. The Balaban J connectivity index is 2.58. The molecule has 0 aliphatic rings. The molecule has 0 saturated carbocycles. The van der Waals surface area contributed by atoms with E-state index in [0.717, 1.165) is 0 Å². The molecule has 2 rings (SSSR count). The molecule has 0 unspecified atom stereocenters. The number of halogens is 1.